The van der Waals surface area contributed by atoms with Gasteiger partial charge in [-0.1, -0.05) is 49.6 Å². The molecule has 27 heavy (non-hydrogen) atoms. The Morgan fingerprint density at radius 1 is 1.30 bits per heavy atom. The topological polar surface area (TPSA) is 90.6 Å². The van der Waals surface area contributed by atoms with E-state index in [9.17, 15) is 20.0 Å². The number of carbonyl (C=O) groups excluding carboxylic acids is 2. The van der Waals surface area contributed by atoms with E-state index >= 15 is 0 Å². The standard InChI is InChI=1S/C21H24N2O4/c1-2-27-18(24)14-23-20(25)19(15-9-5-3-6-10-15)17(13-22)21(23,26)16-11-7-4-8-12-16/h4,7-8,11-12,15,26H,2-3,5-6,9-10,14H2,1H3. The Balaban J connectivity index is 2.10. The Bertz CT molecular complexity index is 790. The number of esters is 1. The fourth-order valence-corrected chi connectivity index (χ4v) is 4.12. The van der Waals surface area contributed by atoms with Gasteiger partial charge in [0, 0.05) is 11.1 Å². The molecule has 0 radical (unpaired) electrons. The molecule has 1 atom stereocenters. The predicted octanol–water partition coefficient (Wildman–Crippen LogP) is 2.64. The summed E-state index contributed by atoms with van der Waals surface area (Å²) in [6.07, 6.45) is 4.70. The first-order chi connectivity index (χ1) is 13.0. The van der Waals surface area contributed by atoms with Crippen molar-refractivity contribution in [3.63, 3.8) is 0 Å². The van der Waals surface area contributed by atoms with Gasteiger partial charge in [-0.25, -0.2) is 0 Å². The van der Waals surface area contributed by atoms with E-state index in [2.05, 4.69) is 6.07 Å². The zero-order chi connectivity index (χ0) is 19.4. The van der Waals surface area contributed by atoms with E-state index in [0.717, 1.165) is 37.0 Å². The van der Waals surface area contributed by atoms with E-state index in [-0.39, 0.29) is 18.1 Å². The van der Waals surface area contributed by atoms with Crippen LogP contribution in [-0.2, 0) is 20.1 Å². The van der Waals surface area contributed by atoms with Crippen molar-refractivity contribution in [1.29, 1.82) is 5.26 Å². The number of amides is 1. The van der Waals surface area contributed by atoms with Gasteiger partial charge in [-0.3, -0.25) is 14.5 Å². The minimum Gasteiger partial charge on any atom is -0.465 e. The molecule has 0 saturated heterocycles. The molecule has 1 saturated carbocycles. The number of rotatable bonds is 5. The Kier molecular flexibility index (Phi) is 5.62. The van der Waals surface area contributed by atoms with Gasteiger partial charge in [0.25, 0.3) is 5.91 Å². The lowest BCUT2D eigenvalue weighted by Gasteiger charge is -2.34. The van der Waals surface area contributed by atoms with Crippen molar-refractivity contribution in [1.82, 2.24) is 4.90 Å². The Morgan fingerprint density at radius 2 is 1.96 bits per heavy atom. The van der Waals surface area contributed by atoms with Gasteiger partial charge in [-0.15, -0.1) is 0 Å². The van der Waals surface area contributed by atoms with Crippen molar-refractivity contribution in [3.05, 3.63) is 47.0 Å². The predicted molar refractivity (Wildman–Crippen MR) is 97.9 cm³/mol. The lowest BCUT2D eigenvalue weighted by molar-refractivity contribution is -0.160. The first kappa shape index (κ1) is 19.1. The number of aliphatic hydroxyl groups is 1. The van der Waals surface area contributed by atoms with E-state index < -0.39 is 24.1 Å². The molecule has 1 N–H and O–H groups in total. The van der Waals surface area contributed by atoms with Gasteiger partial charge in [0.05, 0.1) is 12.2 Å². The molecule has 1 fully saturated rings. The second-order valence-corrected chi connectivity index (χ2v) is 6.97. The number of hydrogen-bond acceptors (Lipinski definition) is 5. The lowest BCUT2D eigenvalue weighted by Crippen LogP contribution is -2.48. The second-order valence-electron chi connectivity index (χ2n) is 6.97. The maximum atomic E-state index is 13.3. The molecular formula is C21H24N2O4. The average molecular weight is 368 g/mol. The number of nitriles is 1. The molecule has 1 unspecified atom stereocenters. The van der Waals surface area contributed by atoms with E-state index in [0.29, 0.717) is 11.1 Å². The molecule has 142 valence electrons. The summed E-state index contributed by atoms with van der Waals surface area (Å²) < 4.78 is 4.99. The third-order valence-corrected chi connectivity index (χ3v) is 5.38. The molecule has 1 heterocycles. The van der Waals surface area contributed by atoms with Crippen LogP contribution in [0.3, 0.4) is 0 Å². The molecule has 1 aliphatic heterocycles. The summed E-state index contributed by atoms with van der Waals surface area (Å²) in [4.78, 5) is 26.5. The molecule has 1 amide bonds. The van der Waals surface area contributed by atoms with Gasteiger partial charge in [-0.05, 0) is 25.7 Å². The molecule has 0 spiro atoms. The molecule has 1 aliphatic carbocycles. The maximum Gasteiger partial charge on any atom is 0.325 e. The fourth-order valence-electron chi connectivity index (χ4n) is 4.12. The molecule has 6 heteroatoms. The second kappa shape index (κ2) is 7.93. The van der Waals surface area contributed by atoms with E-state index in [4.69, 9.17) is 4.74 Å². The minimum absolute atomic E-state index is 0.0369. The number of carbonyl (C=O) groups is 2. The highest BCUT2D eigenvalue weighted by Crippen LogP contribution is 2.46. The summed E-state index contributed by atoms with van der Waals surface area (Å²) in [5.74, 6) is -1.12. The summed E-state index contributed by atoms with van der Waals surface area (Å²) in [5.41, 5.74) is -1.17. The van der Waals surface area contributed by atoms with Crippen LogP contribution < -0.4 is 0 Å². The van der Waals surface area contributed by atoms with E-state index in [1.807, 2.05) is 0 Å². The van der Waals surface area contributed by atoms with Crippen LogP contribution in [0.5, 0.6) is 0 Å². The van der Waals surface area contributed by atoms with Crippen LogP contribution in [0.4, 0.5) is 0 Å². The van der Waals surface area contributed by atoms with Crippen molar-refractivity contribution in [2.24, 2.45) is 5.92 Å². The van der Waals surface area contributed by atoms with Gasteiger partial charge in [0.1, 0.15) is 12.6 Å². The Morgan fingerprint density at radius 3 is 2.56 bits per heavy atom. The summed E-state index contributed by atoms with van der Waals surface area (Å²) >= 11 is 0. The van der Waals surface area contributed by atoms with Crippen LogP contribution in [0.25, 0.3) is 0 Å². The smallest absolute Gasteiger partial charge is 0.325 e. The monoisotopic (exact) mass is 368 g/mol. The van der Waals surface area contributed by atoms with Crippen molar-refractivity contribution < 1.29 is 19.4 Å². The first-order valence-electron chi connectivity index (χ1n) is 9.44. The van der Waals surface area contributed by atoms with Crippen LogP contribution in [0, 0.1) is 17.2 Å². The SMILES string of the molecule is CCOC(=O)CN1C(=O)C(C2CCCCC2)=C(C#N)C1(O)c1ccccc1. The molecule has 3 rings (SSSR count). The van der Waals surface area contributed by atoms with Gasteiger partial charge >= 0.3 is 5.97 Å². The van der Waals surface area contributed by atoms with Crippen LogP contribution in [0.1, 0.15) is 44.6 Å². The van der Waals surface area contributed by atoms with Gasteiger partial charge in [0.15, 0.2) is 0 Å². The van der Waals surface area contributed by atoms with Crippen LogP contribution >= 0.6 is 0 Å². The molecular weight excluding hydrogens is 344 g/mol. The lowest BCUT2D eigenvalue weighted by atomic mass is 9.81. The van der Waals surface area contributed by atoms with E-state index in [1.165, 1.54) is 0 Å². The molecule has 1 aromatic carbocycles. The largest absolute Gasteiger partial charge is 0.465 e. The quantitative estimate of drug-likeness (QED) is 0.807. The van der Waals surface area contributed by atoms with Gasteiger partial charge in [-0.2, -0.15) is 5.26 Å². The maximum absolute atomic E-state index is 13.3. The number of hydrogen-bond donors (Lipinski definition) is 1. The number of nitrogens with zero attached hydrogens (tertiary/aromatic N) is 2. The molecule has 1 aromatic rings. The van der Waals surface area contributed by atoms with Crippen molar-refractivity contribution in [2.45, 2.75) is 44.8 Å². The van der Waals surface area contributed by atoms with Crippen LogP contribution in [-0.4, -0.2) is 35.0 Å². The number of benzene rings is 1. The van der Waals surface area contributed by atoms with Crippen LogP contribution in [0.2, 0.25) is 0 Å². The summed E-state index contributed by atoms with van der Waals surface area (Å²) in [6.45, 7) is 1.46. The molecule has 2 aliphatic rings. The van der Waals surface area contributed by atoms with Crippen molar-refractivity contribution in [2.75, 3.05) is 13.2 Å². The summed E-state index contributed by atoms with van der Waals surface area (Å²) in [7, 11) is 0. The highest BCUT2D eigenvalue weighted by molar-refractivity contribution is 6.01. The highest BCUT2D eigenvalue weighted by atomic mass is 16.5. The Labute approximate surface area is 159 Å². The molecule has 6 nitrogen and oxygen atoms in total. The van der Waals surface area contributed by atoms with Crippen molar-refractivity contribution >= 4 is 11.9 Å². The highest BCUT2D eigenvalue weighted by Gasteiger charge is 2.54. The Hall–Kier alpha value is -2.65. The van der Waals surface area contributed by atoms with E-state index in [1.54, 1.807) is 37.3 Å². The normalized spacial score (nSPS) is 23.4. The third kappa shape index (κ3) is 3.35. The fraction of sp³-hybridized carbons (Fsp3) is 0.476. The van der Waals surface area contributed by atoms with Crippen LogP contribution in [0.15, 0.2) is 41.5 Å². The number of ether oxygens (including phenoxy) is 1. The van der Waals surface area contributed by atoms with Gasteiger partial charge in [0.2, 0.25) is 5.72 Å². The third-order valence-electron chi connectivity index (χ3n) is 5.38. The van der Waals surface area contributed by atoms with Crippen molar-refractivity contribution in [3.8, 4) is 6.07 Å². The minimum atomic E-state index is -1.95. The average Bonchev–Trinajstić information content (AvgIpc) is 2.91. The molecule has 0 aromatic heterocycles. The molecule has 0 bridgehead atoms. The zero-order valence-electron chi connectivity index (χ0n) is 15.5. The summed E-state index contributed by atoms with van der Waals surface area (Å²) in [6, 6.07) is 10.6. The first-order valence-corrected chi connectivity index (χ1v) is 9.44. The van der Waals surface area contributed by atoms with Gasteiger partial charge < -0.3 is 9.84 Å². The summed E-state index contributed by atoms with van der Waals surface area (Å²) in [5, 5.41) is 21.5. The zero-order valence-corrected chi connectivity index (χ0v) is 15.5.